The zero-order valence-corrected chi connectivity index (χ0v) is 12.7. The monoisotopic (exact) mass is 305 g/mol. The van der Waals surface area contributed by atoms with Gasteiger partial charge in [0, 0.05) is 18.7 Å². The molecule has 0 N–H and O–H groups in total. The van der Waals surface area contributed by atoms with E-state index in [2.05, 4.69) is 0 Å². The number of ketones is 1. The molecule has 0 aliphatic heterocycles. The number of carbonyl (C=O) groups is 1. The number of pyridine rings is 1. The highest BCUT2D eigenvalue weighted by Crippen LogP contribution is 2.21. The number of rotatable bonds is 5. The summed E-state index contributed by atoms with van der Waals surface area (Å²) >= 11 is 5.89. The number of benzene rings is 1. The second kappa shape index (κ2) is 6.70. The lowest BCUT2D eigenvalue weighted by atomic mass is 10.1. The number of aromatic nitrogens is 1. The molecule has 4 nitrogen and oxygen atoms in total. The van der Waals surface area contributed by atoms with Crippen molar-refractivity contribution in [2.24, 2.45) is 0 Å². The molecule has 0 amide bonds. The fraction of sp³-hybridized carbons (Fsp3) is 0.250. The van der Waals surface area contributed by atoms with Gasteiger partial charge in [0.2, 0.25) is 0 Å². The zero-order valence-electron chi connectivity index (χ0n) is 11.9. The van der Waals surface area contributed by atoms with E-state index >= 15 is 0 Å². The van der Waals surface area contributed by atoms with Gasteiger partial charge in [-0.3, -0.25) is 9.59 Å². The van der Waals surface area contributed by atoms with Crippen molar-refractivity contribution in [2.75, 3.05) is 13.7 Å². The smallest absolute Gasteiger partial charge is 0.261 e. The van der Waals surface area contributed by atoms with Crippen molar-refractivity contribution < 1.29 is 9.53 Å². The standard InChI is InChI=1S/C16H16ClNO3/c1-11(19)14-7-8-15(12-3-5-13(17)6-4-12)18(16(14)20)9-10-21-2/h3-8H,9-10H2,1-2H3. The lowest BCUT2D eigenvalue weighted by Gasteiger charge is -2.14. The highest BCUT2D eigenvalue weighted by molar-refractivity contribution is 6.30. The number of nitrogens with zero attached hydrogens (tertiary/aromatic N) is 1. The van der Waals surface area contributed by atoms with Crippen molar-refractivity contribution in [1.29, 1.82) is 0 Å². The van der Waals surface area contributed by atoms with E-state index in [0.717, 1.165) is 11.3 Å². The predicted molar refractivity (Wildman–Crippen MR) is 83.0 cm³/mol. The second-order valence-electron chi connectivity index (χ2n) is 4.64. The number of halogens is 1. The summed E-state index contributed by atoms with van der Waals surface area (Å²) in [5.41, 5.74) is 1.48. The highest BCUT2D eigenvalue weighted by atomic mass is 35.5. The summed E-state index contributed by atoms with van der Waals surface area (Å²) in [7, 11) is 1.57. The normalized spacial score (nSPS) is 10.6. The third kappa shape index (κ3) is 3.40. The molecule has 2 aromatic rings. The van der Waals surface area contributed by atoms with Gasteiger partial charge in [-0.25, -0.2) is 0 Å². The summed E-state index contributed by atoms with van der Waals surface area (Å²) in [5.74, 6) is -0.242. The van der Waals surface area contributed by atoms with E-state index in [1.54, 1.807) is 35.9 Å². The molecule has 1 aromatic carbocycles. The van der Waals surface area contributed by atoms with Crippen LogP contribution in [0.5, 0.6) is 0 Å². The summed E-state index contributed by atoms with van der Waals surface area (Å²) in [6.45, 7) is 2.16. The molecule has 1 heterocycles. The number of Topliss-reactive ketones (excluding diaryl/α,β-unsaturated/α-hetero) is 1. The maximum atomic E-state index is 12.4. The molecule has 0 aliphatic carbocycles. The van der Waals surface area contributed by atoms with E-state index < -0.39 is 0 Å². The largest absolute Gasteiger partial charge is 0.383 e. The Hall–Kier alpha value is -1.91. The summed E-state index contributed by atoms with van der Waals surface area (Å²) in [5, 5.41) is 0.630. The minimum atomic E-state index is -0.299. The fourth-order valence-electron chi connectivity index (χ4n) is 2.12. The van der Waals surface area contributed by atoms with Gasteiger partial charge in [0.1, 0.15) is 0 Å². The van der Waals surface area contributed by atoms with Gasteiger partial charge in [0.15, 0.2) is 5.78 Å². The summed E-state index contributed by atoms with van der Waals surface area (Å²) in [4.78, 5) is 24.0. The van der Waals surface area contributed by atoms with Gasteiger partial charge >= 0.3 is 0 Å². The topological polar surface area (TPSA) is 48.3 Å². The molecule has 0 bridgehead atoms. The molecule has 110 valence electrons. The van der Waals surface area contributed by atoms with Gasteiger partial charge < -0.3 is 9.30 Å². The van der Waals surface area contributed by atoms with Crippen molar-refractivity contribution >= 4 is 17.4 Å². The summed E-state index contributed by atoms with van der Waals surface area (Å²) in [6.07, 6.45) is 0. The molecule has 0 aliphatic rings. The van der Waals surface area contributed by atoms with E-state index in [-0.39, 0.29) is 16.9 Å². The van der Waals surface area contributed by atoms with Gasteiger partial charge in [-0.2, -0.15) is 0 Å². The van der Waals surface area contributed by atoms with E-state index in [4.69, 9.17) is 16.3 Å². The van der Waals surface area contributed by atoms with Crippen LogP contribution in [0.2, 0.25) is 5.02 Å². The van der Waals surface area contributed by atoms with Crippen molar-refractivity contribution in [3.8, 4) is 11.3 Å². The third-order valence-corrected chi connectivity index (χ3v) is 3.46. The molecular formula is C16H16ClNO3. The van der Waals surface area contributed by atoms with Crippen molar-refractivity contribution in [2.45, 2.75) is 13.5 Å². The first-order valence-corrected chi connectivity index (χ1v) is 6.92. The molecule has 0 spiro atoms. The lowest BCUT2D eigenvalue weighted by Crippen LogP contribution is -2.28. The summed E-state index contributed by atoms with van der Waals surface area (Å²) < 4.78 is 6.60. The second-order valence-corrected chi connectivity index (χ2v) is 5.08. The minimum Gasteiger partial charge on any atom is -0.383 e. The molecule has 0 unspecified atom stereocenters. The molecular weight excluding hydrogens is 290 g/mol. The molecule has 5 heteroatoms. The van der Waals surface area contributed by atoms with Crippen LogP contribution in [0, 0.1) is 0 Å². The minimum absolute atomic E-state index is 0.184. The molecule has 2 rings (SSSR count). The van der Waals surface area contributed by atoms with Crippen LogP contribution in [0.15, 0.2) is 41.2 Å². The van der Waals surface area contributed by atoms with Crippen LogP contribution in [-0.2, 0) is 11.3 Å². The number of hydrogen-bond acceptors (Lipinski definition) is 3. The number of ether oxygens (including phenoxy) is 1. The Morgan fingerprint density at radius 3 is 2.43 bits per heavy atom. The van der Waals surface area contributed by atoms with Crippen LogP contribution in [0.1, 0.15) is 17.3 Å². The molecule has 1 aromatic heterocycles. The molecule has 0 fully saturated rings. The van der Waals surface area contributed by atoms with Crippen molar-refractivity contribution in [1.82, 2.24) is 4.57 Å². The number of methoxy groups -OCH3 is 1. The SMILES string of the molecule is COCCn1c(-c2ccc(Cl)cc2)ccc(C(C)=O)c1=O. The van der Waals surface area contributed by atoms with E-state index in [0.29, 0.717) is 18.2 Å². The van der Waals surface area contributed by atoms with Gasteiger partial charge in [0.25, 0.3) is 5.56 Å². The fourth-order valence-corrected chi connectivity index (χ4v) is 2.25. The maximum Gasteiger partial charge on any atom is 0.261 e. The molecule has 0 atom stereocenters. The van der Waals surface area contributed by atoms with Gasteiger partial charge in [-0.05, 0) is 36.8 Å². The lowest BCUT2D eigenvalue weighted by molar-refractivity contribution is 0.101. The predicted octanol–water partition coefficient (Wildman–Crippen LogP) is 3.02. The molecule has 21 heavy (non-hydrogen) atoms. The first-order chi connectivity index (χ1) is 10.0. The van der Waals surface area contributed by atoms with Crippen LogP contribution in [0.4, 0.5) is 0 Å². The van der Waals surface area contributed by atoms with Crippen LogP contribution >= 0.6 is 11.6 Å². The highest BCUT2D eigenvalue weighted by Gasteiger charge is 2.13. The Kier molecular flexibility index (Phi) is 4.94. The van der Waals surface area contributed by atoms with E-state index in [1.165, 1.54) is 6.92 Å². The Morgan fingerprint density at radius 2 is 1.86 bits per heavy atom. The quantitative estimate of drug-likeness (QED) is 0.798. The van der Waals surface area contributed by atoms with Crippen LogP contribution < -0.4 is 5.56 Å². The Bertz CT molecular complexity index is 704. The van der Waals surface area contributed by atoms with E-state index in [9.17, 15) is 9.59 Å². The van der Waals surface area contributed by atoms with Gasteiger partial charge in [-0.1, -0.05) is 23.7 Å². The van der Waals surface area contributed by atoms with Crippen molar-refractivity contribution in [3.05, 3.63) is 57.3 Å². The first-order valence-electron chi connectivity index (χ1n) is 6.54. The number of hydrogen-bond donors (Lipinski definition) is 0. The molecule has 0 saturated carbocycles. The van der Waals surface area contributed by atoms with E-state index in [1.807, 2.05) is 12.1 Å². The van der Waals surface area contributed by atoms with Gasteiger partial charge in [-0.15, -0.1) is 0 Å². The Labute approximate surface area is 127 Å². The van der Waals surface area contributed by atoms with Crippen LogP contribution in [0.25, 0.3) is 11.3 Å². The Balaban J connectivity index is 2.59. The average molecular weight is 306 g/mol. The first kappa shape index (κ1) is 15.5. The Morgan fingerprint density at radius 1 is 1.19 bits per heavy atom. The molecule has 0 radical (unpaired) electrons. The molecule has 0 saturated heterocycles. The summed E-state index contributed by atoms with van der Waals surface area (Å²) in [6, 6.07) is 10.6. The van der Waals surface area contributed by atoms with Crippen LogP contribution in [-0.4, -0.2) is 24.1 Å². The van der Waals surface area contributed by atoms with Crippen LogP contribution in [0.3, 0.4) is 0 Å². The zero-order chi connectivity index (χ0) is 15.4. The average Bonchev–Trinajstić information content (AvgIpc) is 2.46. The van der Waals surface area contributed by atoms with Crippen molar-refractivity contribution in [3.63, 3.8) is 0 Å². The maximum absolute atomic E-state index is 12.4. The third-order valence-electron chi connectivity index (χ3n) is 3.21. The number of carbonyl (C=O) groups excluding carboxylic acids is 1. The van der Waals surface area contributed by atoms with Gasteiger partial charge in [0.05, 0.1) is 17.9 Å².